The van der Waals surface area contributed by atoms with Gasteiger partial charge in [-0.25, -0.2) is 0 Å². The molecule has 0 aromatic carbocycles. The van der Waals surface area contributed by atoms with Gasteiger partial charge in [-0.05, 0) is 18.9 Å². The lowest BCUT2D eigenvalue weighted by Crippen LogP contribution is -2.55. The molecule has 0 aromatic heterocycles. The summed E-state index contributed by atoms with van der Waals surface area (Å²) in [4.78, 5) is 2.42. The molecule has 1 saturated heterocycles. The predicted octanol–water partition coefficient (Wildman–Crippen LogP) is 0.675. The molecule has 60 valence electrons. The van der Waals surface area contributed by atoms with Crippen molar-refractivity contribution in [2.45, 2.75) is 26.3 Å². The van der Waals surface area contributed by atoms with Gasteiger partial charge in [0.25, 0.3) is 0 Å². The van der Waals surface area contributed by atoms with E-state index in [2.05, 4.69) is 18.7 Å². The highest BCUT2D eigenvalue weighted by molar-refractivity contribution is 4.82. The first-order valence-corrected chi connectivity index (χ1v) is 4.16. The predicted molar refractivity (Wildman–Crippen MR) is 43.9 cm³/mol. The molecule has 2 nitrogen and oxygen atoms in total. The zero-order chi connectivity index (χ0) is 7.56. The van der Waals surface area contributed by atoms with Crippen LogP contribution in [-0.2, 0) is 0 Å². The summed E-state index contributed by atoms with van der Waals surface area (Å²) < 4.78 is 0. The molecule has 1 fully saturated rings. The Morgan fingerprint density at radius 3 is 2.50 bits per heavy atom. The maximum absolute atomic E-state index is 5.63. The highest BCUT2D eigenvalue weighted by Gasteiger charge is 2.21. The molecule has 0 aliphatic carbocycles. The van der Waals surface area contributed by atoms with Crippen molar-refractivity contribution < 1.29 is 0 Å². The second kappa shape index (κ2) is 3.35. The maximum atomic E-state index is 5.63. The standard InChI is InChI=1S/C8H18N2/c1-7(2)3-4-10-5-8(9)6-10/h7-8H,3-6,9H2,1-2H3. The van der Waals surface area contributed by atoms with E-state index in [0.717, 1.165) is 19.0 Å². The van der Waals surface area contributed by atoms with Crippen molar-refractivity contribution in [1.82, 2.24) is 4.90 Å². The third kappa shape index (κ3) is 2.27. The fourth-order valence-corrected chi connectivity index (χ4v) is 1.23. The summed E-state index contributed by atoms with van der Waals surface area (Å²) >= 11 is 0. The Labute approximate surface area is 63.4 Å². The molecule has 0 saturated carbocycles. The summed E-state index contributed by atoms with van der Waals surface area (Å²) in [5.74, 6) is 0.830. The Hall–Kier alpha value is -0.0800. The molecule has 1 heterocycles. The molecular weight excluding hydrogens is 124 g/mol. The average molecular weight is 142 g/mol. The third-order valence-electron chi connectivity index (χ3n) is 2.01. The number of hydrogen-bond donors (Lipinski definition) is 1. The fourth-order valence-electron chi connectivity index (χ4n) is 1.23. The molecular formula is C8H18N2. The first kappa shape index (κ1) is 8.02. The molecule has 2 N–H and O–H groups in total. The van der Waals surface area contributed by atoms with Crippen molar-refractivity contribution in [3.8, 4) is 0 Å². The monoisotopic (exact) mass is 142 g/mol. The number of rotatable bonds is 3. The summed E-state index contributed by atoms with van der Waals surface area (Å²) in [6.07, 6.45) is 1.31. The van der Waals surface area contributed by atoms with E-state index in [1.54, 1.807) is 0 Å². The Kier molecular flexibility index (Phi) is 2.69. The molecule has 0 atom stereocenters. The van der Waals surface area contributed by atoms with E-state index in [1.807, 2.05) is 0 Å². The molecule has 1 aliphatic heterocycles. The number of nitrogens with zero attached hydrogens (tertiary/aromatic N) is 1. The molecule has 0 radical (unpaired) electrons. The normalized spacial score (nSPS) is 21.6. The first-order chi connectivity index (χ1) is 4.68. The summed E-state index contributed by atoms with van der Waals surface area (Å²) in [5, 5.41) is 0. The van der Waals surface area contributed by atoms with Gasteiger partial charge in [0.1, 0.15) is 0 Å². The Balaban J connectivity index is 1.95. The van der Waals surface area contributed by atoms with E-state index in [9.17, 15) is 0 Å². The van der Waals surface area contributed by atoms with E-state index in [0.29, 0.717) is 6.04 Å². The molecule has 0 spiro atoms. The summed E-state index contributed by atoms with van der Waals surface area (Å²) in [5.41, 5.74) is 5.63. The van der Waals surface area contributed by atoms with Crippen LogP contribution < -0.4 is 5.73 Å². The third-order valence-corrected chi connectivity index (χ3v) is 2.01. The highest BCUT2D eigenvalue weighted by Crippen LogP contribution is 2.08. The smallest absolute Gasteiger partial charge is 0.0297 e. The van der Waals surface area contributed by atoms with Gasteiger partial charge in [0.15, 0.2) is 0 Å². The fraction of sp³-hybridized carbons (Fsp3) is 1.00. The van der Waals surface area contributed by atoms with Gasteiger partial charge in [-0.1, -0.05) is 13.8 Å². The van der Waals surface area contributed by atoms with Crippen LogP contribution in [-0.4, -0.2) is 30.6 Å². The van der Waals surface area contributed by atoms with Gasteiger partial charge in [-0.2, -0.15) is 0 Å². The van der Waals surface area contributed by atoms with Crippen molar-refractivity contribution in [2.75, 3.05) is 19.6 Å². The van der Waals surface area contributed by atoms with Crippen molar-refractivity contribution in [3.63, 3.8) is 0 Å². The van der Waals surface area contributed by atoms with Gasteiger partial charge < -0.3 is 10.6 Å². The summed E-state index contributed by atoms with van der Waals surface area (Å²) in [6.45, 7) is 8.00. The quantitative estimate of drug-likeness (QED) is 0.627. The van der Waals surface area contributed by atoms with Gasteiger partial charge in [-0.3, -0.25) is 0 Å². The lowest BCUT2D eigenvalue weighted by molar-refractivity contribution is 0.143. The maximum Gasteiger partial charge on any atom is 0.0297 e. The zero-order valence-electron chi connectivity index (χ0n) is 7.01. The van der Waals surface area contributed by atoms with Crippen LogP contribution in [0.15, 0.2) is 0 Å². The molecule has 0 aromatic rings. The lowest BCUT2D eigenvalue weighted by atomic mass is 10.1. The van der Waals surface area contributed by atoms with Crippen LogP contribution in [0.4, 0.5) is 0 Å². The SMILES string of the molecule is CC(C)CCN1CC(N)C1. The molecule has 1 aliphatic rings. The largest absolute Gasteiger partial charge is 0.325 e. The Bertz CT molecular complexity index is 95.4. The summed E-state index contributed by atoms with van der Waals surface area (Å²) in [6, 6.07) is 0.465. The molecule has 0 amide bonds. The summed E-state index contributed by atoms with van der Waals surface area (Å²) in [7, 11) is 0. The topological polar surface area (TPSA) is 29.3 Å². The van der Waals surface area contributed by atoms with E-state index >= 15 is 0 Å². The van der Waals surface area contributed by atoms with Crippen molar-refractivity contribution in [1.29, 1.82) is 0 Å². The van der Waals surface area contributed by atoms with Crippen LogP contribution in [0.2, 0.25) is 0 Å². The second-order valence-corrected chi connectivity index (χ2v) is 3.70. The van der Waals surface area contributed by atoms with E-state index in [-0.39, 0.29) is 0 Å². The zero-order valence-corrected chi connectivity index (χ0v) is 7.01. The number of nitrogens with two attached hydrogens (primary N) is 1. The van der Waals surface area contributed by atoms with E-state index in [1.165, 1.54) is 13.0 Å². The van der Waals surface area contributed by atoms with Crippen LogP contribution in [0.3, 0.4) is 0 Å². The van der Waals surface area contributed by atoms with Gasteiger partial charge in [0.05, 0.1) is 0 Å². The highest BCUT2D eigenvalue weighted by atomic mass is 15.2. The molecule has 10 heavy (non-hydrogen) atoms. The van der Waals surface area contributed by atoms with Gasteiger partial charge in [0, 0.05) is 19.1 Å². The van der Waals surface area contributed by atoms with Crippen LogP contribution in [0, 0.1) is 5.92 Å². The minimum Gasteiger partial charge on any atom is -0.325 e. The van der Waals surface area contributed by atoms with Gasteiger partial charge in [-0.15, -0.1) is 0 Å². The molecule has 0 unspecified atom stereocenters. The number of hydrogen-bond acceptors (Lipinski definition) is 2. The lowest BCUT2D eigenvalue weighted by Gasteiger charge is -2.37. The average Bonchev–Trinajstić information content (AvgIpc) is 1.77. The van der Waals surface area contributed by atoms with Gasteiger partial charge in [0.2, 0.25) is 0 Å². The van der Waals surface area contributed by atoms with Crippen molar-refractivity contribution in [2.24, 2.45) is 11.7 Å². The van der Waals surface area contributed by atoms with E-state index < -0.39 is 0 Å². The minimum atomic E-state index is 0.465. The molecule has 2 heteroatoms. The van der Waals surface area contributed by atoms with Crippen LogP contribution in [0.5, 0.6) is 0 Å². The molecule has 1 rings (SSSR count). The van der Waals surface area contributed by atoms with Crippen molar-refractivity contribution >= 4 is 0 Å². The van der Waals surface area contributed by atoms with Crippen molar-refractivity contribution in [3.05, 3.63) is 0 Å². The van der Waals surface area contributed by atoms with Crippen LogP contribution in [0.25, 0.3) is 0 Å². The minimum absolute atomic E-state index is 0.465. The van der Waals surface area contributed by atoms with Gasteiger partial charge >= 0.3 is 0 Å². The molecule has 0 bridgehead atoms. The second-order valence-electron chi connectivity index (χ2n) is 3.70. The van der Waals surface area contributed by atoms with Crippen LogP contribution >= 0.6 is 0 Å². The Morgan fingerprint density at radius 1 is 1.50 bits per heavy atom. The number of likely N-dealkylation sites (tertiary alicyclic amines) is 1. The first-order valence-electron chi connectivity index (χ1n) is 4.16. The van der Waals surface area contributed by atoms with E-state index in [4.69, 9.17) is 5.73 Å². The Morgan fingerprint density at radius 2 is 2.10 bits per heavy atom. The van der Waals surface area contributed by atoms with Crippen LogP contribution in [0.1, 0.15) is 20.3 Å².